The molecule has 1 aliphatic heterocycles. The van der Waals surface area contributed by atoms with Crippen molar-refractivity contribution in [3.63, 3.8) is 0 Å². The van der Waals surface area contributed by atoms with Crippen LogP contribution in [0, 0.1) is 6.92 Å². The van der Waals surface area contributed by atoms with Crippen LogP contribution in [0.25, 0.3) is 5.76 Å². The molecular weight excluding hydrogens is 474 g/mol. The average molecular weight is 512 g/mol. The molecule has 1 atom stereocenters. The number of amides is 1. The normalized spacial score (nSPS) is 17.4. The van der Waals surface area contributed by atoms with Gasteiger partial charge in [0.25, 0.3) is 11.7 Å². The van der Waals surface area contributed by atoms with E-state index in [1.54, 1.807) is 12.0 Å². The van der Waals surface area contributed by atoms with Crippen molar-refractivity contribution < 1.29 is 19.4 Å². The Kier molecular flexibility index (Phi) is 7.50. The highest BCUT2D eigenvalue weighted by Gasteiger charge is 2.46. The highest BCUT2D eigenvalue weighted by Crippen LogP contribution is 2.41. The summed E-state index contributed by atoms with van der Waals surface area (Å²) >= 11 is 0. The molecule has 5 nitrogen and oxygen atoms in total. The van der Waals surface area contributed by atoms with Crippen molar-refractivity contribution in [3.05, 3.63) is 106 Å². The number of carbonyl (C=O) groups excluding carboxylic acids is 2. The Morgan fingerprint density at radius 3 is 2.16 bits per heavy atom. The second-order valence-electron chi connectivity index (χ2n) is 11.4. The van der Waals surface area contributed by atoms with E-state index in [2.05, 4.69) is 34.6 Å². The van der Waals surface area contributed by atoms with E-state index in [0.29, 0.717) is 17.2 Å². The largest absolute Gasteiger partial charge is 0.507 e. The van der Waals surface area contributed by atoms with E-state index in [0.717, 1.165) is 27.8 Å². The van der Waals surface area contributed by atoms with Crippen LogP contribution in [0.3, 0.4) is 0 Å². The molecule has 1 fully saturated rings. The minimum atomic E-state index is -0.712. The quantitative estimate of drug-likeness (QED) is 0.219. The zero-order valence-electron chi connectivity index (χ0n) is 23.3. The molecule has 38 heavy (non-hydrogen) atoms. The minimum Gasteiger partial charge on any atom is -0.507 e. The van der Waals surface area contributed by atoms with Crippen LogP contribution in [0.4, 0.5) is 0 Å². The first-order valence-corrected chi connectivity index (χ1v) is 13.0. The van der Waals surface area contributed by atoms with Gasteiger partial charge in [-0.05, 0) is 64.3 Å². The fourth-order valence-electron chi connectivity index (χ4n) is 4.87. The van der Waals surface area contributed by atoms with E-state index < -0.39 is 17.7 Å². The van der Waals surface area contributed by atoms with Crippen LogP contribution in [0.2, 0.25) is 0 Å². The van der Waals surface area contributed by atoms with Gasteiger partial charge in [0.1, 0.15) is 11.5 Å². The lowest BCUT2D eigenvalue weighted by molar-refractivity contribution is -0.140. The highest BCUT2D eigenvalue weighted by molar-refractivity contribution is 6.46. The van der Waals surface area contributed by atoms with Gasteiger partial charge in [0.15, 0.2) is 0 Å². The number of likely N-dealkylation sites (tertiary alicyclic amines) is 1. The SMILES string of the molecule is COc1ccc(CN2C(=O)C(=O)/C(=C(/O)c3cc(C(C)(C)C)ccc3C)C2c2ccc(C(C)C)cc2)cc1. The van der Waals surface area contributed by atoms with E-state index >= 15 is 0 Å². The van der Waals surface area contributed by atoms with Crippen molar-refractivity contribution >= 4 is 17.4 Å². The zero-order chi connectivity index (χ0) is 27.8. The third-order valence-electron chi connectivity index (χ3n) is 7.33. The molecule has 1 aliphatic rings. The van der Waals surface area contributed by atoms with Gasteiger partial charge in [0.05, 0.1) is 18.7 Å². The summed E-state index contributed by atoms with van der Waals surface area (Å²) in [6, 6.07) is 20.6. The number of hydrogen-bond acceptors (Lipinski definition) is 4. The molecule has 5 heteroatoms. The standard InChI is InChI=1S/C33H37NO4/c1-20(2)23-11-13-24(14-12-23)29-28(30(35)27-18-25(33(4,5)6)15-8-21(27)3)31(36)32(37)34(29)19-22-9-16-26(38-7)17-10-22/h8-18,20,29,35H,19H2,1-7H3/b30-28+. The van der Waals surface area contributed by atoms with Gasteiger partial charge in [0, 0.05) is 12.1 Å². The summed E-state index contributed by atoms with van der Waals surface area (Å²) in [6.45, 7) is 12.7. The van der Waals surface area contributed by atoms with Crippen LogP contribution in [-0.2, 0) is 21.5 Å². The Labute approximate surface area is 225 Å². The number of carbonyl (C=O) groups is 2. The van der Waals surface area contributed by atoms with Gasteiger partial charge >= 0.3 is 0 Å². The lowest BCUT2D eigenvalue weighted by Gasteiger charge is -2.26. The number of aliphatic hydroxyl groups is 1. The predicted molar refractivity (Wildman–Crippen MR) is 151 cm³/mol. The fraction of sp³-hybridized carbons (Fsp3) is 0.333. The number of Topliss-reactive ketones (excluding diaryl/α,β-unsaturated/α-hetero) is 1. The molecule has 0 saturated carbocycles. The summed E-state index contributed by atoms with van der Waals surface area (Å²) < 4.78 is 5.27. The van der Waals surface area contributed by atoms with Crippen LogP contribution in [0.1, 0.15) is 80.0 Å². The molecule has 1 N–H and O–H groups in total. The first-order chi connectivity index (χ1) is 17.9. The van der Waals surface area contributed by atoms with E-state index in [4.69, 9.17) is 4.74 Å². The average Bonchev–Trinajstić information content (AvgIpc) is 3.13. The second-order valence-corrected chi connectivity index (χ2v) is 11.4. The van der Waals surface area contributed by atoms with E-state index in [-0.39, 0.29) is 23.3 Å². The highest BCUT2D eigenvalue weighted by atomic mass is 16.5. The molecule has 0 spiro atoms. The molecule has 0 aliphatic carbocycles. The third-order valence-corrected chi connectivity index (χ3v) is 7.33. The molecule has 0 aromatic heterocycles. The Hall–Kier alpha value is -3.86. The molecule has 3 aromatic rings. The van der Waals surface area contributed by atoms with Gasteiger partial charge < -0.3 is 14.7 Å². The number of methoxy groups -OCH3 is 1. The van der Waals surface area contributed by atoms with Crippen molar-refractivity contribution in [2.75, 3.05) is 7.11 Å². The molecular formula is C33H37NO4. The Morgan fingerprint density at radius 1 is 0.974 bits per heavy atom. The van der Waals surface area contributed by atoms with Crippen molar-refractivity contribution in [1.29, 1.82) is 0 Å². The van der Waals surface area contributed by atoms with Crippen molar-refractivity contribution in [2.45, 2.75) is 65.5 Å². The molecule has 1 saturated heterocycles. The molecule has 198 valence electrons. The number of ether oxygens (including phenoxy) is 1. The predicted octanol–water partition coefficient (Wildman–Crippen LogP) is 7.05. The smallest absolute Gasteiger partial charge is 0.295 e. The van der Waals surface area contributed by atoms with Gasteiger partial charge in [-0.2, -0.15) is 0 Å². The van der Waals surface area contributed by atoms with E-state index in [1.165, 1.54) is 0 Å². The number of benzene rings is 3. The molecule has 4 rings (SSSR count). The van der Waals surface area contributed by atoms with E-state index in [9.17, 15) is 14.7 Å². The van der Waals surface area contributed by atoms with Crippen molar-refractivity contribution in [3.8, 4) is 5.75 Å². The molecule has 1 amide bonds. The Morgan fingerprint density at radius 2 is 1.61 bits per heavy atom. The lowest BCUT2D eigenvalue weighted by Crippen LogP contribution is -2.29. The van der Waals surface area contributed by atoms with Gasteiger partial charge in [-0.1, -0.05) is 83.1 Å². The summed E-state index contributed by atoms with van der Waals surface area (Å²) in [7, 11) is 1.60. The summed E-state index contributed by atoms with van der Waals surface area (Å²) in [6.07, 6.45) is 0. The Bertz CT molecular complexity index is 1380. The number of ketones is 1. The lowest BCUT2D eigenvalue weighted by atomic mass is 9.84. The number of nitrogens with zero attached hydrogens (tertiary/aromatic N) is 1. The molecule has 1 unspecified atom stereocenters. The van der Waals surface area contributed by atoms with Gasteiger partial charge in [-0.25, -0.2) is 0 Å². The number of rotatable bonds is 6. The minimum absolute atomic E-state index is 0.120. The van der Waals surface area contributed by atoms with Gasteiger partial charge in [-0.3, -0.25) is 9.59 Å². The Balaban J connectivity index is 1.88. The number of aliphatic hydroxyl groups excluding tert-OH is 1. The van der Waals surface area contributed by atoms with Crippen molar-refractivity contribution in [1.82, 2.24) is 4.90 Å². The molecule has 0 bridgehead atoms. The van der Waals surface area contributed by atoms with Crippen LogP contribution in [0.15, 0.2) is 72.3 Å². The summed E-state index contributed by atoms with van der Waals surface area (Å²) in [5, 5.41) is 11.7. The number of aryl methyl sites for hydroxylation is 1. The molecule has 0 radical (unpaired) electrons. The van der Waals surface area contributed by atoms with Crippen LogP contribution >= 0.6 is 0 Å². The first-order valence-electron chi connectivity index (χ1n) is 13.0. The maximum Gasteiger partial charge on any atom is 0.295 e. The van der Waals surface area contributed by atoms with Gasteiger partial charge in [-0.15, -0.1) is 0 Å². The van der Waals surface area contributed by atoms with Crippen LogP contribution in [0.5, 0.6) is 5.75 Å². The van der Waals surface area contributed by atoms with E-state index in [1.807, 2.05) is 73.7 Å². The fourth-order valence-corrected chi connectivity index (χ4v) is 4.87. The summed E-state index contributed by atoms with van der Waals surface area (Å²) in [5.74, 6) is -0.370. The van der Waals surface area contributed by atoms with Crippen LogP contribution < -0.4 is 4.74 Å². The zero-order valence-corrected chi connectivity index (χ0v) is 23.3. The van der Waals surface area contributed by atoms with Crippen molar-refractivity contribution in [2.24, 2.45) is 0 Å². The first kappa shape index (κ1) is 27.2. The number of hydrogen-bond donors (Lipinski definition) is 1. The maximum absolute atomic E-state index is 13.5. The maximum atomic E-state index is 13.5. The second kappa shape index (κ2) is 10.5. The van der Waals surface area contributed by atoms with Crippen LogP contribution in [-0.4, -0.2) is 28.8 Å². The third kappa shape index (κ3) is 5.24. The topological polar surface area (TPSA) is 66.8 Å². The summed E-state index contributed by atoms with van der Waals surface area (Å²) in [5.41, 5.74) is 5.24. The summed E-state index contributed by atoms with van der Waals surface area (Å²) in [4.78, 5) is 28.6. The van der Waals surface area contributed by atoms with Gasteiger partial charge in [0.2, 0.25) is 0 Å². The molecule has 1 heterocycles. The molecule has 3 aromatic carbocycles. The monoisotopic (exact) mass is 511 g/mol.